The molecule has 1 rings (SSSR count). The molecule has 0 aliphatic heterocycles. The molecule has 0 saturated heterocycles. The molecule has 0 saturated carbocycles. The highest BCUT2D eigenvalue weighted by molar-refractivity contribution is 4.99. The van der Waals surface area contributed by atoms with Gasteiger partial charge in [0, 0.05) is 0 Å². The fourth-order valence-electron chi connectivity index (χ4n) is 0.503. The lowest BCUT2D eigenvalue weighted by atomic mass is 10.4. The molecule has 0 bridgehead atoms. The van der Waals surface area contributed by atoms with Gasteiger partial charge in [-0.25, -0.2) is 0 Å². The second kappa shape index (κ2) is 9.14. The summed E-state index contributed by atoms with van der Waals surface area (Å²) in [6.45, 7) is 1.44. The molecule has 62 valence electrons. The minimum Gasteiger partial charge on any atom is -0.330 e. The lowest BCUT2D eigenvalue weighted by Crippen LogP contribution is -2.06. The van der Waals surface area contributed by atoms with Crippen LogP contribution in [0.2, 0.25) is 0 Å². The largest absolute Gasteiger partial charge is 0.330 e. The van der Waals surface area contributed by atoms with Gasteiger partial charge in [0.05, 0.1) is 0 Å². The molecule has 0 spiro atoms. The summed E-state index contributed by atoms with van der Waals surface area (Å²) in [5, 5.41) is 0. The highest BCUT2D eigenvalue weighted by atomic mass is 14.6. The van der Waals surface area contributed by atoms with E-state index >= 15 is 0 Å². The Morgan fingerprint density at radius 3 is 1.00 bits per heavy atom. The maximum Gasteiger partial charge on any atom is -0.00653 e. The molecular formula is C9H16N2. The zero-order valence-electron chi connectivity index (χ0n) is 6.74. The summed E-state index contributed by atoms with van der Waals surface area (Å²) in [7, 11) is 0. The number of rotatable bonds is 2. The number of hydrogen-bond acceptors (Lipinski definition) is 2. The Bertz CT molecular complexity index is 111. The molecule has 2 nitrogen and oxygen atoms in total. The van der Waals surface area contributed by atoms with E-state index in [4.69, 9.17) is 11.5 Å². The Kier molecular flexibility index (Phi) is 8.43. The molecular weight excluding hydrogens is 136 g/mol. The first-order valence-electron chi connectivity index (χ1n) is 3.82. The van der Waals surface area contributed by atoms with E-state index in [1.165, 1.54) is 0 Å². The molecule has 0 amide bonds. The summed E-state index contributed by atoms with van der Waals surface area (Å²) in [4.78, 5) is 0. The summed E-state index contributed by atoms with van der Waals surface area (Å²) >= 11 is 0. The van der Waals surface area contributed by atoms with Gasteiger partial charge >= 0.3 is 0 Å². The van der Waals surface area contributed by atoms with E-state index in [9.17, 15) is 0 Å². The average Bonchev–Trinajstić information content (AvgIpc) is 2.10. The van der Waals surface area contributed by atoms with Crippen molar-refractivity contribution in [2.45, 2.75) is 6.42 Å². The van der Waals surface area contributed by atoms with Crippen LogP contribution < -0.4 is 11.5 Å². The monoisotopic (exact) mass is 152 g/mol. The van der Waals surface area contributed by atoms with Gasteiger partial charge in [-0.3, -0.25) is 0 Å². The lowest BCUT2D eigenvalue weighted by molar-refractivity contribution is 0.844. The minimum atomic E-state index is 0.719. The van der Waals surface area contributed by atoms with E-state index in [-0.39, 0.29) is 0 Å². The van der Waals surface area contributed by atoms with Crippen LogP contribution >= 0.6 is 0 Å². The van der Waals surface area contributed by atoms with E-state index in [1.807, 2.05) is 36.4 Å². The van der Waals surface area contributed by atoms with Gasteiger partial charge in [-0.2, -0.15) is 0 Å². The molecule has 1 aromatic rings. The number of hydrogen-bond donors (Lipinski definition) is 2. The van der Waals surface area contributed by atoms with Crippen molar-refractivity contribution in [3.63, 3.8) is 0 Å². The van der Waals surface area contributed by atoms with Crippen molar-refractivity contribution >= 4 is 0 Å². The third-order valence-corrected chi connectivity index (χ3v) is 1.07. The number of benzene rings is 1. The lowest BCUT2D eigenvalue weighted by Gasteiger charge is -1.81. The van der Waals surface area contributed by atoms with Crippen molar-refractivity contribution in [1.82, 2.24) is 0 Å². The zero-order valence-corrected chi connectivity index (χ0v) is 6.74. The predicted molar refractivity (Wildman–Crippen MR) is 49.2 cm³/mol. The fraction of sp³-hybridized carbons (Fsp3) is 0.333. The van der Waals surface area contributed by atoms with E-state index in [1.54, 1.807) is 0 Å². The number of nitrogens with two attached hydrogens (primary N) is 2. The van der Waals surface area contributed by atoms with Gasteiger partial charge in [0.1, 0.15) is 0 Å². The standard InChI is InChI=1S/C6H6.C3H10N2/c1-2-4-6-5-3-1;4-2-1-3-5/h1-6H;1-5H2. The summed E-state index contributed by atoms with van der Waals surface area (Å²) in [6.07, 6.45) is 0.944. The third-order valence-electron chi connectivity index (χ3n) is 1.07. The van der Waals surface area contributed by atoms with Gasteiger partial charge in [-0.15, -0.1) is 0 Å². The van der Waals surface area contributed by atoms with Crippen molar-refractivity contribution in [2.75, 3.05) is 13.1 Å². The predicted octanol–water partition coefficient (Wildman–Crippen LogP) is 0.981. The molecule has 0 radical (unpaired) electrons. The van der Waals surface area contributed by atoms with Crippen LogP contribution in [0, 0.1) is 0 Å². The van der Waals surface area contributed by atoms with Crippen LogP contribution in [0.1, 0.15) is 6.42 Å². The quantitative estimate of drug-likeness (QED) is 0.663. The molecule has 11 heavy (non-hydrogen) atoms. The van der Waals surface area contributed by atoms with E-state index in [0.717, 1.165) is 19.5 Å². The first kappa shape index (κ1) is 10.1. The molecule has 0 fully saturated rings. The second-order valence-electron chi connectivity index (χ2n) is 2.09. The van der Waals surface area contributed by atoms with Gasteiger partial charge in [0.15, 0.2) is 0 Å². The second-order valence-corrected chi connectivity index (χ2v) is 2.09. The van der Waals surface area contributed by atoms with Crippen molar-refractivity contribution in [3.05, 3.63) is 36.4 Å². The first-order valence-corrected chi connectivity index (χ1v) is 3.82. The van der Waals surface area contributed by atoms with Crippen molar-refractivity contribution in [2.24, 2.45) is 11.5 Å². The van der Waals surface area contributed by atoms with Crippen LogP contribution in [-0.4, -0.2) is 13.1 Å². The van der Waals surface area contributed by atoms with Crippen molar-refractivity contribution in [1.29, 1.82) is 0 Å². The molecule has 0 aliphatic rings. The van der Waals surface area contributed by atoms with Gasteiger partial charge in [-0.05, 0) is 19.5 Å². The topological polar surface area (TPSA) is 52.0 Å². The molecule has 4 N–H and O–H groups in total. The maximum absolute atomic E-state index is 5.06. The average molecular weight is 152 g/mol. The van der Waals surface area contributed by atoms with Gasteiger partial charge in [-0.1, -0.05) is 36.4 Å². The highest BCUT2D eigenvalue weighted by Gasteiger charge is 1.67. The molecule has 0 unspecified atom stereocenters. The van der Waals surface area contributed by atoms with Crippen LogP contribution in [0.15, 0.2) is 36.4 Å². The van der Waals surface area contributed by atoms with Gasteiger partial charge in [0.2, 0.25) is 0 Å². The summed E-state index contributed by atoms with van der Waals surface area (Å²) < 4.78 is 0. The van der Waals surface area contributed by atoms with E-state index in [0.29, 0.717) is 0 Å². The highest BCUT2D eigenvalue weighted by Crippen LogP contribution is 1.79. The third kappa shape index (κ3) is 9.14. The van der Waals surface area contributed by atoms with Crippen LogP contribution in [0.3, 0.4) is 0 Å². The molecule has 0 aliphatic carbocycles. The van der Waals surface area contributed by atoms with Crippen molar-refractivity contribution < 1.29 is 0 Å². The van der Waals surface area contributed by atoms with Crippen molar-refractivity contribution in [3.8, 4) is 0 Å². The summed E-state index contributed by atoms with van der Waals surface area (Å²) in [6, 6.07) is 12.0. The smallest absolute Gasteiger partial charge is 0.00653 e. The van der Waals surface area contributed by atoms with Crippen LogP contribution in [0.5, 0.6) is 0 Å². The van der Waals surface area contributed by atoms with Crippen LogP contribution in [0.4, 0.5) is 0 Å². The van der Waals surface area contributed by atoms with Crippen LogP contribution in [-0.2, 0) is 0 Å². The molecule has 0 heterocycles. The first-order chi connectivity index (χ1) is 5.41. The maximum atomic E-state index is 5.06. The van der Waals surface area contributed by atoms with Gasteiger partial charge in [0.25, 0.3) is 0 Å². The van der Waals surface area contributed by atoms with Crippen LogP contribution in [0.25, 0.3) is 0 Å². The Morgan fingerprint density at radius 1 is 0.636 bits per heavy atom. The van der Waals surface area contributed by atoms with Gasteiger partial charge < -0.3 is 11.5 Å². The Balaban J connectivity index is 0.000000187. The SMILES string of the molecule is NCCCN.c1ccccc1. The summed E-state index contributed by atoms with van der Waals surface area (Å²) in [5.41, 5.74) is 10.1. The molecule has 0 atom stereocenters. The Labute approximate surface area is 68.2 Å². The molecule has 0 aromatic heterocycles. The fourth-order valence-corrected chi connectivity index (χ4v) is 0.503. The summed E-state index contributed by atoms with van der Waals surface area (Å²) in [5.74, 6) is 0. The zero-order chi connectivity index (χ0) is 8.36. The molecule has 1 aromatic carbocycles. The minimum absolute atomic E-state index is 0.719. The van der Waals surface area contributed by atoms with E-state index in [2.05, 4.69) is 0 Å². The Hall–Kier alpha value is -0.860. The normalized spacial score (nSPS) is 8.18. The van der Waals surface area contributed by atoms with E-state index < -0.39 is 0 Å². The Morgan fingerprint density at radius 2 is 0.909 bits per heavy atom. The molecule has 2 heteroatoms.